The van der Waals surface area contributed by atoms with Crippen molar-refractivity contribution < 1.29 is 19.4 Å². The van der Waals surface area contributed by atoms with E-state index in [4.69, 9.17) is 9.47 Å². The fourth-order valence-electron chi connectivity index (χ4n) is 0.495. The fourth-order valence-corrected chi connectivity index (χ4v) is 0.495. The molecule has 12 heavy (non-hydrogen) atoms. The summed E-state index contributed by atoms with van der Waals surface area (Å²) in [6.07, 6.45) is 1.50. The maximum Gasteiger partial charge on any atom is 0.198 e. The maximum absolute atomic E-state index is 10.3. The molecule has 68 valence electrons. The number of rotatable bonds is 7. The standard InChI is InChI=1S/C8H12O4/c1-3-5-11-8(7(9)10)12-6-4-2/h3-4,8H,1-2,5-6H2,(H,9,10)/p-1. The summed E-state index contributed by atoms with van der Waals surface area (Å²) in [7, 11) is 0. The Bertz CT molecular complexity index is 152. The van der Waals surface area contributed by atoms with Crippen molar-refractivity contribution in [1.29, 1.82) is 0 Å². The maximum atomic E-state index is 10.3. The lowest BCUT2D eigenvalue weighted by atomic mass is 10.6. The monoisotopic (exact) mass is 171 g/mol. The van der Waals surface area contributed by atoms with Crippen molar-refractivity contribution in [3.8, 4) is 0 Å². The van der Waals surface area contributed by atoms with Crippen molar-refractivity contribution in [3.63, 3.8) is 0 Å². The van der Waals surface area contributed by atoms with Crippen LogP contribution in [0.25, 0.3) is 0 Å². The van der Waals surface area contributed by atoms with Crippen LogP contribution in [0.15, 0.2) is 25.3 Å². The predicted molar refractivity (Wildman–Crippen MR) is 41.1 cm³/mol. The van der Waals surface area contributed by atoms with Gasteiger partial charge in [-0.05, 0) is 0 Å². The van der Waals surface area contributed by atoms with Gasteiger partial charge in [0.05, 0.1) is 19.2 Å². The lowest BCUT2D eigenvalue weighted by molar-refractivity contribution is -0.333. The lowest BCUT2D eigenvalue weighted by Gasteiger charge is -2.17. The number of carbonyl (C=O) groups excluding carboxylic acids is 1. The largest absolute Gasteiger partial charge is 0.545 e. The van der Waals surface area contributed by atoms with Crippen LogP contribution < -0.4 is 5.11 Å². The van der Waals surface area contributed by atoms with E-state index >= 15 is 0 Å². The van der Waals surface area contributed by atoms with E-state index in [0.717, 1.165) is 0 Å². The minimum Gasteiger partial charge on any atom is -0.545 e. The van der Waals surface area contributed by atoms with E-state index in [2.05, 4.69) is 13.2 Å². The third kappa shape index (κ3) is 4.65. The quantitative estimate of drug-likeness (QED) is 0.381. The SMILES string of the molecule is C=CCOC(OCC=C)C(=O)[O-]. The van der Waals surface area contributed by atoms with E-state index < -0.39 is 12.3 Å². The second kappa shape index (κ2) is 6.57. The van der Waals surface area contributed by atoms with Gasteiger partial charge in [-0.25, -0.2) is 0 Å². The van der Waals surface area contributed by atoms with Crippen LogP contribution in [-0.4, -0.2) is 25.5 Å². The number of hydrogen-bond acceptors (Lipinski definition) is 4. The molecular weight excluding hydrogens is 160 g/mol. The molecule has 0 aliphatic carbocycles. The van der Waals surface area contributed by atoms with E-state index in [1.807, 2.05) is 0 Å². The van der Waals surface area contributed by atoms with Gasteiger partial charge in [-0.1, -0.05) is 12.2 Å². The summed E-state index contributed by atoms with van der Waals surface area (Å²) in [4.78, 5) is 10.3. The minimum absolute atomic E-state index is 0.107. The fraction of sp³-hybridized carbons (Fsp3) is 0.375. The molecule has 0 aliphatic rings. The van der Waals surface area contributed by atoms with Crippen LogP contribution in [0.2, 0.25) is 0 Å². The predicted octanol–water partition coefficient (Wildman–Crippen LogP) is -0.532. The van der Waals surface area contributed by atoms with Gasteiger partial charge in [0.15, 0.2) is 6.29 Å². The summed E-state index contributed by atoms with van der Waals surface area (Å²) in [6, 6.07) is 0. The number of carboxylic acids is 1. The first-order chi connectivity index (χ1) is 5.72. The lowest BCUT2D eigenvalue weighted by Crippen LogP contribution is -2.39. The molecule has 0 unspecified atom stereocenters. The molecule has 0 saturated carbocycles. The zero-order chi connectivity index (χ0) is 9.40. The first-order valence-corrected chi connectivity index (χ1v) is 3.38. The molecule has 0 bridgehead atoms. The first kappa shape index (κ1) is 10.9. The summed E-state index contributed by atoms with van der Waals surface area (Å²) in [6.45, 7) is 6.93. The van der Waals surface area contributed by atoms with Gasteiger partial charge in [0.2, 0.25) is 0 Å². The Hall–Kier alpha value is -1.13. The second-order valence-corrected chi connectivity index (χ2v) is 1.89. The average Bonchev–Trinajstić information content (AvgIpc) is 2.04. The van der Waals surface area contributed by atoms with Crippen LogP contribution in [0.3, 0.4) is 0 Å². The minimum atomic E-state index is -1.40. The van der Waals surface area contributed by atoms with Crippen LogP contribution in [0.5, 0.6) is 0 Å². The van der Waals surface area contributed by atoms with Crippen LogP contribution in [0, 0.1) is 0 Å². The number of carbonyl (C=O) groups is 1. The summed E-state index contributed by atoms with van der Waals surface area (Å²) in [5.41, 5.74) is 0. The molecule has 0 aromatic rings. The van der Waals surface area contributed by atoms with Gasteiger partial charge in [-0.15, -0.1) is 13.2 Å². The van der Waals surface area contributed by atoms with Crippen LogP contribution in [-0.2, 0) is 14.3 Å². The van der Waals surface area contributed by atoms with Crippen molar-refractivity contribution in [2.45, 2.75) is 6.29 Å². The smallest absolute Gasteiger partial charge is 0.198 e. The van der Waals surface area contributed by atoms with E-state index in [9.17, 15) is 9.90 Å². The van der Waals surface area contributed by atoms with Crippen molar-refractivity contribution in [3.05, 3.63) is 25.3 Å². The molecule has 0 atom stereocenters. The molecule has 0 aromatic carbocycles. The topological polar surface area (TPSA) is 58.6 Å². The third-order valence-corrected chi connectivity index (χ3v) is 0.923. The number of ether oxygens (including phenoxy) is 2. The highest BCUT2D eigenvalue weighted by Gasteiger charge is 2.07. The molecule has 0 aliphatic heterocycles. The molecule has 0 aromatic heterocycles. The van der Waals surface area contributed by atoms with Crippen molar-refractivity contribution in [2.75, 3.05) is 13.2 Å². The highest BCUT2D eigenvalue weighted by Crippen LogP contribution is 1.93. The van der Waals surface area contributed by atoms with Crippen LogP contribution >= 0.6 is 0 Å². The van der Waals surface area contributed by atoms with Gasteiger partial charge in [0, 0.05) is 0 Å². The molecule has 4 nitrogen and oxygen atoms in total. The van der Waals surface area contributed by atoms with E-state index in [1.54, 1.807) is 0 Å². The van der Waals surface area contributed by atoms with Gasteiger partial charge in [0.25, 0.3) is 0 Å². The molecule has 0 radical (unpaired) electrons. The van der Waals surface area contributed by atoms with Crippen molar-refractivity contribution >= 4 is 5.97 Å². The van der Waals surface area contributed by atoms with Crippen LogP contribution in [0.1, 0.15) is 0 Å². The molecule has 0 spiro atoms. The zero-order valence-corrected chi connectivity index (χ0v) is 6.69. The van der Waals surface area contributed by atoms with Gasteiger partial charge in [-0.2, -0.15) is 0 Å². The van der Waals surface area contributed by atoms with E-state index in [1.165, 1.54) is 12.2 Å². The molecule has 0 rings (SSSR count). The van der Waals surface area contributed by atoms with Crippen LogP contribution in [0.4, 0.5) is 0 Å². The van der Waals surface area contributed by atoms with Crippen molar-refractivity contribution in [2.24, 2.45) is 0 Å². The number of carboxylic acid groups (broad SMARTS) is 1. The Morgan fingerprint density at radius 2 is 1.75 bits per heavy atom. The summed E-state index contributed by atoms with van der Waals surface area (Å²) in [5, 5.41) is 10.3. The molecule has 4 heteroatoms. The molecule has 0 amide bonds. The summed E-state index contributed by atoms with van der Waals surface area (Å²) < 4.78 is 9.41. The Morgan fingerprint density at radius 1 is 1.33 bits per heavy atom. The highest BCUT2D eigenvalue weighted by atomic mass is 16.7. The number of hydrogen-bond donors (Lipinski definition) is 0. The highest BCUT2D eigenvalue weighted by molar-refractivity contribution is 5.68. The molecule has 0 fully saturated rings. The normalized spacial score (nSPS) is 9.75. The Morgan fingerprint density at radius 3 is 2.00 bits per heavy atom. The van der Waals surface area contributed by atoms with Gasteiger partial charge < -0.3 is 19.4 Å². The zero-order valence-electron chi connectivity index (χ0n) is 6.69. The first-order valence-electron chi connectivity index (χ1n) is 3.38. The van der Waals surface area contributed by atoms with Gasteiger partial charge >= 0.3 is 0 Å². The summed E-state index contributed by atoms with van der Waals surface area (Å²) >= 11 is 0. The van der Waals surface area contributed by atoms with Crippen molar-refractivity contribution in [1.82, 2.24) is 0 Å². The van der Waals surface area contributed by atoms with Gasteiger partial charge in [-0.3, -0.25) is 0 Å². The molecule has 0 heterocycles. The van der Waals surface area contributed by atoms with E-state index in [0.29, 0.717) is 0 Å². The Labute approximate surface area is 71.1 Å². The molecular formula is C8H11O4-. The van der Waals surface area contributed by atoms with Gasteiger partial charge in [0.1, 0.15) is 0 Å². The van der Waals surface area contributed by atoms with E-state index in [-0.39, 0.29) is 13.2 Å². The molecule has 0 N–H and O–H groups in total. The number of aliphatic carboxylic acids is 1. The second-order valence-electron chi connectivity index (χ2n) is 1.89. The Balaban J connectivity index is 3.77. The summed E-state index contributed by atoms with van der Waals surface area (Å²) in [5.74, 6) is -1.40. The molecule has 0 saturated heterocycles. The Kier molecular flexibility index (Phi) is 5.95. The average molecular weight is 171 g/mol. The third-order valence-electron chi connectivity index (χ3n) is 0.923.